The zero-order valence-corrected chi connectivity index (χ0v) is 6.08. The van der Waals surface area contributed by atoms with Crippen LogP contribution in [0.2, 0.25) is 0 Å². The molecule has 1 rings (SSSR count). The molecule has 0 radical (unpaired) electrons. The summed E-state index contributed by atoms with van der Waals surface area (Å²) in [7, 11) is 0. The summed E-state index contributed by atoms with van der Waals surface area (Å²) in [5, 5.41) is 3.06. The zero-order valence-electron chi connectivity index (χ0n) is 6.08. The third-order valence-electron chi connectivity index (χ3n) is 2.24. The van der Waals surface area contributed by atoms with Gasteiger partial charge in [0.2, 0.25) is 0 Å². The number of hydrogen-bond acceptors (Lipinski definition) is 1. The van der Waals surface area contributed by atoms with Crippen LogP contribution in [0.25, 0.3) is 0 Å². The lowest BCUT2D eigenvalue weighted by molar-refractivity contribution is 0.0835. The predicted octanol–water partition coefficient (Wildman–Crippen LogP) is 1.49. The maximum atomic E-state index is 13.2. The van der Waals surface area contributed by atoms with Crippen molar-refractivity contribution in [2.24, 2.45) is 0 Å². The molecule has 0 aromatic heterocycles. The van der Waals surface area contributed by atoms with Gasteiger partial charge in [0.25, 0.3) is 0 Å². The summed E-state index contributed by atoms with van der Waals surface area (Å²) < 4.78 is 13.2. The first-order valence-corrected chi connectivity index (χ1v) is 3.59. The van der Waals surface area contributed by atoms with E-state index >= 15 is 0 Å². The molecule has 1 aliphatic heterocycles. The number of hydrogen-bond donors (Lipinski definition) is 1. The van der Waals surface area contributed by atoms with Crippen molar-refractivity contribution in [2.75, 3.05) is 6.54 Å². The quantitative estimate of drug-likeness (QED) is 0.598. The third-order valence-corrected chi connectivity index (χ3v) is 2.24. The maximum Gasteiger partial charge on any atom is 0.123 e. The molecule has 2 atom stereocenters. The Morgan fingerprint density at radius 3 is 2.44 bits per heavy atom. The first-order chi connectivity index (χ1) is 4.17. The molecule has 1 nitrogen and oxygen atoms in total. The molecule has 54 valence electrons. The molecule has 0 amide bonds. The van der Waals surface area contributed by atoms with E-state index < -0.39 is 5.67 Å². The monoisotopic (exact) mass is 131 g/mol. The van der Waals surface area contributed by atoms with Crippen LogP contribution in [0.3, 0.4) is 0 Å². The Bertz CT molecular complexity index is 97.1. The van der Waals surface area contributed by atoms with Crippen molar-refractivity contribution in [1.29, 1.82) is 0 Å². The van der Waals surface area contributed by atoms with Crippen LogP contribution in [0.15, 0.2) is 0 Å². The maximum absolute atomic E-state index is 13.2. The summed E-state index contributed by atoms with van der Waals surface area (Å²) in [5.41, 5.74) is -0.974. The highest BCUT2D eigenvalue weighted by Gasteiger charge is 2.35. The predicted molar refractivity (Wildman–Crippen MR) is 36.2 cm³/mol. The van der Waals surface area contributed by atoms with Gasteiger partial charge in [-0.2, -0.15) is 0 Å². The van der Waals surface area contributed by atoms with Crippen LogP contribution in [0.1, 0.15) is 26.7 Å². The highest BCUT2D eigenvalue weighted by molar-refractivity contribution is 4.93. The molecule has 0 aromatic rings. The smallest absolute Gasteiger partial charge is 0.123 e. The van der Waals surface area contributed by atoms with Gasteiger partial charge in [-0.1, -0.05) is 6.92 Å². The van der Waals surface area contributed by atoms with E-state index in [4.69, 9.17) is 0 Å². The molecular formula is C7H14FN. The summed E-state index contributed by atoms with van der Waals surface area (Å²) in [6.07, 6.45) is 1.62. The molecule has 2 heteroatoms. The van der Waals surface area contributed by atoms with Gasteiger partial charge in [0.05, 0.1) is 0 Å². The van der Waals surface area contributed by atoms with Gasteiger partial charge in [-0.25, -0.2) is 4.39 Å². The molecule has 1 saturated heterocycles. The first-order valence-electron chi connectivity index (χ1n) is 3.59. The van der Waals surface area contributed by atoms with Crippen LogP contribution in [-0.2, 0) is 0 Å². The minimum atomic E-state index is -0.974. The SMILES string of the molecule is CCC(C)(F)C1CCN1. The Labute approximate surface area is 55.6 Å². The van der Waals surface area contributed by atoms with Gasteiger partial charge in [-0.15, -0.1) is 0 Å². The highest BCUT2D eigenvalue weighted by atomic mass is 19.1. The number of nitrogens with one attached hydrogen (secondary N) is 1. The second-order valence-corrected chi connectivity index (χ2v) is 2.93. The Balaban J connectivity index is 2.37. The number of rotatable bonds is 2. The molecule has 9 heavy (non-hydrogen) atoms. The van der Waals surface area contributed by atoms with Crippen LogP contribution in [-0.4, -0.2) is 18.3 Å². The van der Waals surface area contributed by atoms with E-state index in [1.165, 1.54) is 0 Å². The summed E-state index contributed by atoms with van der Waals surface area (Å²) >= 11 is 0. The van der Waals surface area contributed by atoms with Crippen LogP contribution in [0.5, 0.6) is 0 Å². The summed E-state index contributed by atoms with van der Waals surface area (Å²) in [6.45, 7) is 4.55. The summed E-state index contributed by atoms with van der Waals surface area (Å²) in [4.78, 5) is 0. The average molecular weight is 131 g/mol. The Morgan fingerprint density at radius 1 is 1.78 bits per heavy atom. The van der Waals surface area contributed by atoms with E-state index in [1.807, 2.05) is 6.92 Å². The minimum absolute atomic E-state index is 0.127. The van der Waals surface area contributed by atoms with Gasteiger partial charge in [0.1, 0.15) is 5.67 Å². The van der Waals surface area contributed by atoms with Crippen LogP contribution >= 0.6 is 0 Å². The van der Waals surface area contributed by atoms with Crippen molar-refractivity contribution in [3.05, 3.63) is 0 Å². The fraction of sp³-hybridized carbons (Fsp3) is 1.00. The molecule has 1 N–H and O–H groups in total. The van der Waals surface area contributed by atoms with Crippen molar-refractivity contribution < 1.29 is 4.39 Å². The van der Waals surface area contributed by atoms with Crippen LogP contribution < -0.4 is 5.32 Å². The van der Waals surface area contributed by atoms with Gasteiger partial charge in [-0.05, 0) is 26.3 Å². The van der Waals surface area contributed by atoms with E-state index in [2.05, 4.69) is 5.32 Å². The normalized spacial score (nSPS) is 33.0. The molecule has 0 spiro atoms. The number of alkyl halides is 1. The summed E-state index contributed by atoms with van der Waals surface area (Å²) in [6, 6.07) is 0.127. The lowest BCUT2D eigenvalue weighted by Crippen LogP contribution is -2.54. The van der Waals surface area contributed by atoms with Crippen LogP contribution in [0.4, 0.5) is 4.39 Å². The van der Waals surface area contributed by atoms with Gasteiger partial charge >= 0.3 is 0 Å². The van der Waals surface area contributed by atoms with E-state index in [0.29, 0.717) is 6.42 Å². The van der Waals surface area contributed by atoms with Gasteiger partial charge in [-0.3, -0.25) is 0 Å². The molecule has 1 aliphatic rings. The highest BCUT2D eigenvalue weighted by Crippen LogP contribution is 2.25. The molecule has 0 aromatic carbocycles. The van der Waals surface area contributed by atoms with E-state index in [-0.39, 0.29) is 6.04 Å². The zero-order chi connectivity index (χ0) is 6.91. The summed E-state index contributed by atoms with van der Waals surface area (Å²) in [5.74, 6) is 0. The average Bonchev–Trinajstić information content (AvgIpc) is 1.60. The van der Waals surface area contributed by atoms with Gasteiger partial charge in [0, 0.05) is 6.04 Å². The second-order valence-electron chi connectivity index (χ2n) is 2.93. The molecule has 1 heterocycles. The van der Waals surface area contributed by atoms with Crippen molar-refractivity contribution in [2.45, 2.75) is 38.4 Å². The molecule has 1 fully saturated rings. The number of halogens is 1. The van der Waals surface area contributed by atoms with Gasteiger partial charge < -0.3 is 5.32 Å². The van der Waals surface area contributed by atoms with Crippen molar-refractivity contribution in [1.82, 2.24) is 5.32 Å². The molecule has 0 bridgehead atoms. The largest absolute Gasteiger partial charge is 0.311 e. The van der Waals surface area contributed by atoms with Crippen molar-refractivity contribution in [3.63, 3.8) is 0 Å². The van der Waals surface area contributed by atoms with Gasteiger partial charge in [0.15, 0.2) is 0 Å². The van der Waals surface area contributed by atoms with E-state index in [0.717, 1.165) is 13.0 Å². The van der Waals surface area contributed by atoms with Crippen LogP contribution in [0, 0.1) is 0 Å². The Kier molecular flexibility index (Phi) is 1.75. The van der Waals surface area contributed by atoms with Crippen molar-refractivity contribution >= 4 is 0 Å². The van der Waals surface area contributed by atoms with E-state index in [1.54, 1.807) is 6.92 Å². The fourth-order valence-electron chi connectivity index (χ4n) is 1.05. The first kappa shape index (κ1) is 7.00. The third kappa shape index (κ3) is 1.23. The Morgan fingerprint density at radius 2 is 2.33 bits per heavy atom. The molecular weight excluding hydrogens is 117 g/mol. The van der Waals surface area contributed by atoms with Crippen molar-refractivity contribution in [3.8, 4) is 0 Å². The topological polar surface area (TPSA) is 12.0 Å². The molecule has 2 unspecified atom stereocenters. The van der Waals surface area contributed by atoms with E-state index in [9.17, 15) is 4.39 Å². The Hall–Kier alpha value is -0.110. The molecule has 0 aliphatic carbocycles. The second kappa shape index (κ2) is 2.25. The lowest BCUT2D eigenvalue weighted by Gasteiger charge is -2.37. The standard InChI is InChI=1S/C7H14FN/c1-3-7(2,8)6-4-5-9-6/h6,9H,3-5H2,1-2H3. The lowest BCUT2D eigenvalue weighted by atomic mass is 9.88. The molecule has 0 saturated carbocycles. The fourth-order valence-corrected chi connectivity index (χ4v) is 1.05. The minimum Gasteiger partial charge on any atom is -0.311 e.